The Morgan fingerprint density at radius 2 is 1.04 bits per heavy atom. The van der Waals surface area contributed by atoms with Crippen molar-refractivity contribution in [3.05, 3.63) is 108 Å². The van der Waals surface area contributed by atoms with Gasteiger partial charge < -0.3 is 5.32 Å². The minimum atomic E-state index is -0.139. The Labute approximate surface area is 170 Å². The van der Waals surface area contributed by atoms with Gasteiger partial charge in [-0.2, -0.15) is 0 Å². The lowest BCUT2D eigenvalue weighted by Crippen LogP contribution is -2.34. The molecule has 0 amide bonds. The van der Waals surface area contributed by atoms with Gasteiger partial charge in [0.2, 0.25) is 0 Å². The summed E-state index contributed by atoms with van der Waals surface area (Å²) in [6.45, 7) is 4.38. The third-order valence-corrected chi connectivity index (χ3v) is 5.68. The molecule has 28 heavy (non-hydrogen) atoms. The van der Waals surface area contributed by atoms with Crippen molar-refractivity contribution in [3.8, 4) is 0 Å². The summed E-state index contributed by atoms with van der Waals surface area (Å²) in [6, 6.07) is 33.0. The van der Waals surface area contributed by atoms with E-state index in [4.69, 9.17) is 0 Å². The predicted octanol–water partition coefficient (Wildman–Crippen LogP) is 6.58. The van der Waals surface area contributed by atoms with E-state index in [9.17, 15) is 0 Å². The van der Waals surface area contributed by atoms with E-state index in [1.54, 1.807) is 0 Å². The van der Waals surface area contributed by atoms with Crippen LogP contribution >= 0.6 is 0 Å². The molecule has 3 aromatic rings. The van der Waals surface area contributed by atoms with Gasteiger partial charge in [-0.15, -0.1) is 0 Å². The molecule has 0 saturated heterocycles. The molecule has 1 nitrogen and oxygen atoms in total. The topological polar surface area (TPSA) is 12.0 Å². The molecule has 0 radical (unpaired) electrons. The van der Waals surface area contributed by atoms with Crippen LogP contribution < -0.4 is 5.32 Å². The number of benzene rings is 3. The van der Waals surface area contributed by atoms with Gasteiger partial charge in [0.25, 0.3) is 0 Å². The summed E-state index contributed by atoms with van der Waals surface area (Å²) in [6.07, 6.45) is 6.26. The molecule has 0 heterocycles. The van der Waals surface area contributed by atoms with Crippen LogP contribution in [0.5, 0.6) is 0 Å². The van der Waals surface area contributed by atoms with Crippen LogP contribution in [0.4, 0.5) is 0 Å². The van der Waals surface area contributed by atoms with E-state index < -0.39 is 0 Å². The number of nitrogens with one attached hydrogen (secondary N) is 1. The van der Waals surface area contributed by atoms with Crippen LogP contribution in [-0.4, -0.2) is 13.1 Å². The second-order valence-electron chi connectivity index (χ2n) is 7.56. The molecule has 146 valence electrons. The van der Waals surface area contributed by atoms with Crippen molar-refractivity contribution in [1.29, 1.82) is 0 Å². The Morgan fingerprint density at radius 1 is 0.571 bits per heavy atom. The lowest BCUT2D eigenvalue weighted by atomic mass is 9.67. The van der Waals surface area contributed by atoms with Gasteiger partial charge in [0.1, 0.15) is 0 Å². The Balaban J connectivity index is 1.91. The summed E-state index contributed by atoms with van der Waals surface area (Å²) < 4.78 is 0. The second-order valence-corrected chi connectivity index (χ2v) is 7.56. The molecule has 0 bridgehead atoms. The predicted molar refractivity (Wildman–Crippen MR) is 121 cm³/mol. The number of hydrogen-bond donors (Lipinski definition) is 1. The zero-order valence-corrected chi connectivity index (χ0v) is 17.1. The molecule has 0 aliphatic rings. The highest BCUT2D eigenvalue weighted by Gasteiger charge is 2.35. The van der Waals surface area contributed by atoms with Gasteiger partial charge in [-0.25, -0.2) is 0 Å². The summed E-state index contributed by atoms with van der Waals surface area (Å²) in [5, 5.41) is 3.71. The van der Waals surface area contributed by atoms with Gasteiger partial charge in [-0.1, -0.05) is 117 Å². The molecule has 0 saturated carbocycles. The molecule has 0 fully saturated rings. The SMILES string of the molecule is CCCCCCNCCC(c1ccccc1)(c1ccccc1)c1ccccc1. The van der Waals surface area contributed by atoms with Gasteiger partial charge in [0.15, 0.2) is 0 Å². The van der Waals surface area contributed by atoms with E-state index in [1.807, 2.05) is 0 Å². The summed E-state index contributed by atoms with van der Waals surface area (Å²) in [5.41, 5.74) is 3.95. The Bertz CT molecular complexity index is 684. The van der Waals surface area contributed by atoms with Gasteiger partial charge in [0, 0.05) is 5.41 Å². The Kier molecular flexibility index (Phi) is 7.87. The highest BCUT2D eigenvalue weighted by molar-refractivity contribution is 5.50. The lowest BCUT2D eigenvalue weighted by Gasteiger charge is -2.36. The average molecular weight is 372 g/mol. The number of rotatable bonds is 11. The highest BCUT2D eigenvalue weighted by atomic mass is 14.8. The largest absolute Gasteiger partial charge is 0.317 e. The van der Waals surface area contributed by atoms with Crippen LogP contribution in [0.15, 0.2) is 91.0 Å². The molecule has 3 aromatic carbocycles. The average Bonchev–Trinajstić information content (AvgIpc) is 2.78. The third-order valence-electron chi connectivity index (χ3n) is 5.68. The van der Waals surface area contributed by atoms with Crippen molar-refractivity contribution in [2.24, 2.45) is 0 Å². The van der Waals surface area contributed by atoms with Crippen molar-refractivity contribution in [3.63, 3.8) is 0 Å². The second kappa shape index (κ2) is 10.8. The van der Waals surface area contributed by atoms with E-state index in [2.05, 4.69) is 103 Å². The van der Waals surface area contributed by atoms with Gasteiger partial charge >= 0.3 is 0 Å². The van der Waals surface area contributed by atoms with Crippen molar-refractivity contribution < 1.29 is 0 Å². The van der Waals surface area contributed by atoms with E-state index in [1.165, 1.54) is 42.4 Å². The third kappa shape index (κ3) is 4.91. The fourth-order valence-electron chi connectivity index (χ4n) is 4.18. The molecule has 0 aromatic heterocycles. The summed E-state index contributed by atoms with van der Waals surface area (Å²) in [5.74, 6) is 0. The van der Waals surface area contributed by atoms with Crippen molar-refractivity contribution in [2.45, 2.75) is 44.4 Å². The standard InChI is InChI=1S/C27H33N/c1-2-3-4-14-22-28-23-21-27(24-15-8-5-9-16-24,25-17-10-6-11-18-25)26-19-12-7-13-20-26/h5-13,15-20,28H,2-4,14,21-23H2,1H3. The molecular weight excluding hydrogens is 338 g/mol. The number of hydrogen-bond acceptors (Lipinski definition) is 1. The first-order chi connectivity index (χ1) is 13.9. The first-order valence-corrected chi connectivity index (χ1v) is 10.7. The smallest absolute Gasteiger partial charge is 0.0463 e. The molecule has 3 rings (SSSR count). The van der Waals surface area contributed by atoms with Crippen LogP contribution in [-0.2, 0) is 5.41 Å². The summed E-state index contributed by atoms with van der Waals surface area (Å²) in [7, 11) is 0. The first kappa shape index (κ1) is 20.4. The van der Waals surface area contributed by atoms with Gasteiger partial charge in [-0.3, -0.25) is 0 Å². The van der Waals surface area contributed by atoms with Gasteiger partial charge in [0.05, 0.1) is 0 Å². The molecule has 1 N–H and O–H groups in total. The molecule has 0 aliphatic heterocycles. The van der Waals surface area contributed by atoms with Crippen LogP contribution in [0.25, 0.3) is 0 Å². The van der Waals surface area contributed by atoms with Crippen molar-refractivity contribution in [1.82, 2.24) is 5.32 Å². The minimum absolute atomic E-state index is 0.139. The van der Waals surface area contributed by atoms with Crippen LogP contribution in [0, 0.1) is 0 Å². The zero-order valence-electron chi connectivity index (χ0n) is 17.1. The van der Waals surface area contributed by atoms with Crippen LogP contribution in [0.3, 0.4) is 0 Å². The van der Waals surface area contributed by atoms with Crippen molar-refractivity contribution >= 4 is 0 Å². The van der Waals surface area contributed by atoms with E-state index in [0.717, 1.165) is 19.5 Å². The quantitative estimate of drug-likeness (QED) is 0.296. The fourth-order valence-corrected chi connectivity index (χ4v) is 4.18. The maximum Gasteiger partial charge on any atom is 0.0463 e. The molecular formula is C27H33N. The minimum Gasteiger partial charge on any atom is -0.317 e. The molecule has 0 atom stereocenters. The Morgan fingerprint density at radius 3 is 1.46 bits per heavy atom. The van der Waals surface area contributed by atoms with Crippen LogP contribution in [0.1, 0.15) is 55.7 Å². The van der Waals surface area contributed by atoms with E-state index in [0.29, 0.717) is 0 Å². The number of unbranched alkanes of at least 4 members (excludes halogenated alkanes) is 3. The van der Waals surface area contributed by atoms with E-state index >= 15 is 0 Å². The molecule has 0 aliphatic carbocycles. The van der Waals surface area contributed by atoms with Crippen LogP contribution in [0.2, 0.25) is 0 Å². The summed E-state index contributed by atoms with van der Waals surface area (Å²) >= 11 is 0. The Hall–Kier alpha value is -2.38. The molecule has 0 spiro atoms. The molecule has 1 heteroatoms. The normalized spacial score (nSPS) is 11.5. The monoisotopic (exact) mass is 371 g/mol. The van der Waals surface area contributed by atoms with E-state index in [-0.39, 0.29) is 5.41 Å². The fraction of sp³-hybridized carbons (Fsp3) is 0.333. The lowest BCUT2D eigenvalue weighted by molar-refractivity contribution is 0.508. The maximum atomic E-state index is 3.71. The zero-order chi connectivity index (χ0) is 19.5. The highest BCUT2D eigenvalue weighted by Crippen LogP contribution is 2.41. The van der Waals surface area contributed by atoms with Crippen molar-refractivity contribution in [2.75, 3.05) is 13.1 Å². The van der Waals surface area contributed by atoms with Gasteiger partial charge in [-0.05, 0) is 42.6 Å². The maximum absolute atomic E-state index is 3.71. The first-order valence-electron chi connectivity index (χ1n) is 10.7. The molecule has 0 unspecified atom stereocenters. The summed E-state index contributed by atoms with van der Waals surface area (Å²) in [4.78, 5) is 0.